The van der Waals surface area contributed by atoms with E-state index in [0.717, 1.165) is 12.1 Å². The summed E-state index contributed by atoms with van der Waals surface area (Å²) < 4.78 is 39.3. The normalized spacial score (nSPS) is 11.7. The van der Waals surface area contributed by atoms with Gasteiger partial charge in [0.15, 0.2) is 0 Å². The number of nitrogens with zero attached hydrogens (tertiary/aromatic N) is 2. The summed E-state index contributed by atoms with van der Waals surface area (Å²) in [4.78, 5) is 21.8. The molecule has 3 rings (SSSR count). The van der Waals surface area contributed by atoms with E-state index in [2.05, 4.69) is 0 Å². The Morgan fingerprint density at radius 2 is 1.77 bits per heavy atom. The Morgan fingerprint density at radius 1 is 1.12 bits per heavy atom. The monoisotopic (exact) mass is 364 g/mol. The first-order valence-corrected chi connectivity index (χ1v) is 7.34. The van der Waals surface area contributed by atoms with Crippen molar-refractivity contribution in [1.82, 2.24) is 4.57 Å². The zero-order valence-corrected chi connectivity index (χ0v) is 13.0. The van der Waals surface area contributed by atoms with Crippen LogP contribution in [0.1, 0.15) is 21.6 Å². The number of benzene rings is 2. The molecule has 9 heteroatoms. The Balaban J connectivity index is 2.04. The van der Waals surface area contributed by atoms with Gasteiger partial charge < -0.3 is 9.67 Å². The van der Waals surface area contributed by atoms with Gasteiger partial charge in [0, 0.05) is 29.6 Å². The second-order valence-corrected chi connectivity index (χ2v) is 5.62. The minimum absolute atomic E-state index is 0.0150. The quantitative estimate of drug-likeness (QED) is 0.552. The standard InChI is InChI=1S/C17H11F3N2O4/c18-17(19,20)12-3-1-10(2-4-12)9-21-14-6-5-13(22(25)26)7-11(14)8-15(21)16(23)24/h1-8H,9H2,(H,23,24). The highest BCUT2D eigenvalue weighted by Gasteiger charge is 2.30. The molecule has 1 aromatic heterocycles. The van der Waals surface area contributed by atoms with Crippen LogP contribution >= 0.6 is 0 Å². The summed E-state index contributed by atoms with van der Waals surface area (Å²) in [5.74, 6) is -1.24. The molecule has 6 nitrogen and oxygen atoms in total. The lowest BCUT2D eigenvalue weighted by molar-refractivity contribution is -0.384. The molecule has 1 heterocycles. The molecule has 0 unspecified atom stereocenters. The van der Waals surface area contributed by atoms with Crippen LogP contribution in [0.3, 0.4) is 0 Å². The maximum atomic E-state index is 12.6. The number of hydrogen-bond acceptors (Lipinski definition) is 3. The minimum atomic E-state index is -4.45. The molecule has 0 atom stereocenters. The van der Waals surface area contributed by atoms with E-state index < -0.39 is 22.6 Å². The number of carbonyl (C=O) groups is 1. The van der Waals surface area contributed by atoms with Gasteiger partial charge in [-0.15, -0.1) is 0 Å². The van der Waals surface area contributed by atoms with Gasteiger partial charge in [-0.05, 0) is 29.8 Å². The van der Waals surface area contributed by atoms with Gasteiger partial charge in [-0.1, -0.05) is 12.1 Å². The number of aromatic nitrogens is 1. The van der Waals surface area contributed by atoms with Crippen molar-refractivity contribution in [2.45, 2.75) is 12.7 Å². The van der Waals surface area contributed by atoms with Gasteiger partial charge >= 0.3 is 12.1 Å². The van der Waals surface area contributed by atoms with Gasteiger partial charge in [-0.3, -0.25) is 10.1 Å². The fourth-order valence-electron chi connectivity index (χ4n) is 2.70. The van der Waals surface area contributed by atoms with Crippen LogP contribution in [0.2, 0.25) is 0 Å². The van der Waals surface area contributed by atoms with Crippen LogP contribution in [0, 0.1) is 10.1 Å². The van der Waals surface area contributed by atoms with Crippen LogP contribution in [0.15, 0.2) is 48.5 Å². The summed E-state index contributed by atoms with van der Waals surface area (Å²) in [5.41, 5.74) is -0.182. The number of rotatable bonds is 4. The predicted molar refractivity (Wildman–Crippen MR) is 86.1 cm³/mol. The lowest BCUT2D eigenvalue weighted by Gasteiger charge is -2.11. The Kier molecular flexibility index (Phi) is 4.15. The summed E-state index contributed by atoms with van der Waals surface area (Å²) in [6, 6.07) is 9.61. The lowest BCUT2D eigenvalue weighted by atomic mass is 10.1. The van der Waals surface area contributed by atoms with Crippen LogP contribution in [0.5, 0.6) is 0 Å². The van der Waals surface area contributed by atoms with E-state index in [0.29, 0.717) is 16.5 Å². The van der Waals surface area contributed by atoms with Crippen molar-refractivity contribution in [1.29, 1.82) is 0 Å². The second kappa shape index (κ2) is 6.17. The number of alkyl halides is 3. The van der Waals surface area contributed by atoms with Crippen LogP contribution in [-0.4, -0.2) is 20.6 Å². The average Bonchev–Trinajstić information content (AvgIpc) is 2.92. The van der Waals surface area contributed by atoms with Crippen molar-refractivity contribution in [3.63, 3.8) is 0 Å². The van der Waals surface area contributed by atoms with Gasteiger partial charge in [-0.2, -0.15) is 13.2 Å². The van der Waals surface area contributed by atoms with E-state index in [9.17, 15) is 33.2 Å². The molecule has 26 heavy (non-hydrogen) atoms. The van der Waals surface area contributed by atoms with Crippen LogP contribution in [0.25, 0.3) is 10.9 Å². The molecule has 0 bridgehead atoms. The zero-order valence-electron chi connectivity index (χ0n) is 13.0. The number of non-ortho nitro benzene ring substituents is 1. The molecule has 0 saturated heterocycles. The van der Waals surface area contributed by atoms with Gasteiger partial charge in [-0.25, -0.2) is 4.79 Å². The Morgan fingerprint density at radius 3 is 2.31 bits per heavy atom. The Hall–Kier alpha value is -3.36. The van der Waals surface area contributed by atoms with Crippen molar-refractivity contribution in [3.8, 4) is 0 Å². The summed E-state index contributed by atoms with van der Waals surface area (Å²) >= 11 is 0. The predicted octanol–water partition coefficient (Wildman–Crippen LogP) is 4.31. The summed E-state index contributed by atoms with van der Waals surface area (Å²) in [7, 11) is 0. The van der Waals surface area contributed by atoms with E-state index in [1.54, 1.807) is 0 Å². The molecular weight excluding hydrogens is 353 g/mol. The Bertz CT molecular complexity index is 1010. The van der Waals surface area contributed by atoms with Crippen LogP contribution in [0.4, 0.5) is 18.9 Å². The molecule has 2 aromatic carbocycles. The average molecular weight is 364 g/mol. The van der Waals surface area contributed by atoms with Crippen LogP contribution < -0.4 is 0 Å². The van der Waals surface area contributed by atoms with Crippen molar-refractivity contribution in [3.05, 3.63) is 75.5 Å². The van der Waals surface area contributed by atoms with Crippen molar-refractivity contribution in [2.75, 3.05) is 0 Å². The number of nitro groups is 1. The number of nitro benzene ring substituents is 1. The molecule has 134 valence electrons. The Labute approximate surface area is 144 Å². The molecule has 3 aromatic rings. The first-order chi connectivity index (χ1) is 12.2. The summed E-state index contributed by atoms with van der Waals surface area (Å²) in [5, 5.41) is 20.6. The first kappa shape index (κ1) is 17.5. The van der Waals surface area contributed by atoms with Crippen molar-refractivity contribution < 1.29 is 28.0 Å². The molecule has 0 fully saturated rings. The summed E-state index contributed by atoms with van der Waals surface area (Å²) in [6.07, 6.45) is -4.45. The van der Waals surface area contributed by atoms with E-state index in [1.807, 2.05) is 0 Å². The molecule has 1 N–H and O–H groups in total. The van der Waals surface area contributed by atoms with Gasteiger partial charge in [0.2, 0.25) is 0 Å². The largest absolute Gasteiger partial charge is 0.477 e. The topological polar surface area (TPSA) is 85.4 Å². The molecule has 0 spiro atoms. The third-order valence-electron chi connectivity index (χ3n) is 3.94. The maximum absolute atomic E-state index is 12.6. The maximum Gasteiger partial charge on any atom is 0.416 e. The number of halogens is 3. The van der Waals surface area contributed by atoms with E-state index in [-0.39, 0.29) is 17.9 Å². The molecule has 0 amide bonds. The molecule has 0 aliphatic rings. The number of aromatic carboxylic acids is 1. The highest BCUT2D eigenvalue weighted by atomic mass is 19.4. The van der Waals surface area contributed by atoms with Crippen molar-refractivity contribution in [2.24, 2.45) is 0 Å². The lowest BCUT2D eigenvalue weighted by Crippen LogP contribution is -2.10. The number of carboxylic acids is 1. The highest BCUT2D eigenvalue weighted by molar-refractivity contribution is 5.95. The fraction of sp³-hybridized carbons (Fsp3) is 0.118. The molecule has 0 radical (unpaired) electrons. The first-order valence-electron chi connectivity index (χ1n) is 7.34. The van der Waals surface area contributed by atoms with Crippen molar-refractivity contribution >= 4 is 22.6 Å². The van der Waals surface area contributed by atoms with Crippen LogP contribution in [-0.2, 0) is 12.7 Å². The summed E-state index contributed by atoms with van der Waals surface area (Å²) in [6.45, 7) is 0.0150. The smallest absolute Gasteiger partial charge is 0.416 e. The molecule has 0 aliphatic carbocycles. The third kappa shape index (κ3) is 3.23. The fourth-order valence-corrected chi connectivity index (χ4v) is 2.70. The minimum Gasteiger partial charge on any atom is -0.477 e. The molecule has 0 saturated carbocycles. The molecule has 0 aliphatic heterocycles. The van der Waals surface area contributed by atoms with E-state index in [1.165, 1.54) is 41.0 Å². The number of hydrogen-bond donors (Lipinski definition) is 1. The highest BCUT2D eigenvalue weighted by Crippen LogP contribution is 2.30. The number of fused-ring (bicyclic) bond motifs is 1. The number of carboxylic acid groups (broad SMARTS) is 1. The third-order valence-corrected chi connectivity index (χ3v) is 3.94. The zero-order chi connectivity index (χ0) is 19.1. The van der Waals surface area contributed by atoms with Gasteiger partial charge in [0.1, 0.15) is 5.69 Å². The van der Waals surface area contributed by atoms with Gasteiger partial charge in [0.05, 0.1) is 10.5 Å². The molecular formula is C17H11F3N2O4. The van der Waals surface area contributed by atoms with E-state index in [4.69, 9.17) is 0 Å². The van der Waals surface area contributed by atoms with E-state index >= 15 is 0 Å². The SMILES string of the molecule is O=C(O)c1cc2cc([N+](=O)[O-])ccc2n1Cc1ccc(C(F)(F)F)cc1. The second-order valence-electron chi connectivity index (χ2n) is 5.62. The van der Waals surface area contributed by atoms with Gasteiger partial charge in [0.25, 0.3) is 5.69 Å².